The van der Waals surface area contributed by atoms with Crippen LogP contribution in [-0.4, -0.2) is 23.3 Å². The van der Waals surface area contributed by atoms with E-state index < -0.39 is 0 Å². The molecule has 2 amide bonds. The highest BCUT2D eigenvalue weighted by molar-refractivity contribution is 6.06. The summed E-state index contributed by atoms with van der Waals surface area (Å²) in [5, 5.41) is 0. The third kappa shape index (κ3) is 2.60. The van der Waals surface area contributed by atoms with Crippen LogP contribution >= 0.6 is 0 Å². The SMILES string of the molecule is C=CCN1C(=O)[C@@H]2[C@@H](C1=O)[C@H](c1ccccc1)C=C[C@@H]2c1ccccc1. The first-order chi connectivity index (χ1) is 12.7. The Morgan fingerprint density at radius 3 is 1.58 bits per heavy atom. The average Bonchev–Trinajstić information content (AvgIpc) is 2.95. The van der Waals surface area contributed by atoms with Crippen molar-refractivity contribution in [3.8, 4) is 0 Å². The zero-order chi connectivity index (χ0) is 18.1. The molecule has 130 valence electrons. The lowest BCUT2D eigenvalue weighted by Gasteiger charge is -2.32. The number of hydrogen-bond acceptors (Lipinski definition) is 2. The zero-order valence-corrected chi connectivity index (χ0v) is 14.5. The Bertz CT molecular complexity index is 789. The van der Waals surface area contributed by atoms with Crippen LogP contribution in [0.25, 0.3) is 0 Å². The summed E-state index contributed by atoms with van der Waals surface area (Å²) in [6, 6.07) is 20.0. The summed E-state index contributed by atoms with van der Waals surface area (Å²) in [7, 11) is 0. The van der Waals surface area contributed by atoms with Crippen LogP contribution in [0, 0.1) is 11.8 Å². The topological polar surface area (TPSA) is 37.4 Å². The number of nitrogens with zero attached hydrogens (tertiary/aromatic N) is 1. The van der Waals surface area contributed by atoms with E-state index in [-0.39, 0.29) is 42.0 Å². The van der Waals surface area contributed by atoms with Crippen LogP contribution in [0.3, 0.4) is 0 Å². The van der Waals surface area contributed by atoms with Crippen LogP contribution in [0.2, 0.25) is 0 Å². The lowest BCUT2D eigenvalue weighted by atomic mass is 9.68. The van der Waals surface area contributed by atoms with Crippen molar-refractivity contribution < 1.29 is 9.59 Å². The minimum absolute atomic E-state index is 0.0765. The second-order valence-electron chi connectivity index (χ2n) is 6.89. The Morgan fingerprint density at radius 1 is 0.769 bits per heavy atom. The second kappa shape index (κ2) is 6.75. The molecule has 1 saturated heterocycles. The van der Waals surface area contributed by atoms with Gasteiger partial charge in [-0.1, -0.05) is 78.9 Å². The monoisotopic (exact) mass is 343 g/mol. The lowest BCUT2D eigenvalue weighted by molar-refractivity contribution is -0.139. The van der Waals surface area contributed by atoms with E-state index in [2.05, 4.69) is 18.7 Å². The van der Waals surface area contributed by atoms with Crippen molar-refractivity contribution >= 4 is 11.8 Å². The molecule has 2 aromatic carbocycles. The third-order valence-electron chi connectivity index (χ3n) is 5.47. The molecule has 0 radical (unpaired) electrons. The largest absolute Gasteiger partial charge is 0.278 e. The van der Waals surface area contributed by atoms with E-state index >= 15 is 0 Å². The molecule has 26 heavy (non-hydrogen) atoms. The second-order valence-corrected chi connectivity index (χ2v) is 6.89. The minimum atomic E-state index is -0.361. The highest BCUT2D eigenvalue weighted by Gasteiger charge is 2.54. The standard InChI is InChI=1S/C23H21NO2/c1-2-15-24-22(25)20-18(16-9-5-3-6-10-16)13-14-19(21(20)23(24)26)17-11-7-4-8-12-17/h2-14,18-21H,1,15H2/t18-,19+,20-,21-/m0/s1. The van der Waals surface area contributed by atoms with Gasteiger partial charge < -0.3 is 0 Å². The zero-order valence-electron chi connectivity index (χ0n) is 14.5. The lowest BCUT2D eigenvalue weighted by Crippen LogP contribution is -2.31. The number of imide groups is 1. The number of likely N-dealkylation sites (tertiary alicyclic amines) is 1. The fourth-order valence-electron chi connectivity index (χ4n) is 4.30. The van der Waals surface area contributed by atoms with Crippen molar-refractivity contribution in [2.75, 3.05) is 6.54 Å². The van der Waals surface area contributed by atoms with Crippen LogP contribution in [0.4, 0.5) is 0 Å². The summed E-state index contributed by atoms with van der Waals surface area (Å²) in [6.07, 6.45) is 5.84. The number of carbonyl (C=O) groups is 2. The van der Waals surface area contributed by atoms with E-state index in [1.807, 2.05) is 60.7 Å². The van der Waals surface area contributed by atoms with Crippen LogP contribution in [0.5, 0.6) is 0 Å². The highest BCUT2D eigenvalue weighted by Crippen LogP contribution is 2.49. The van der Waals surface area contributed by atoms with Gasteiger partial charge in [0.1, 0.15) is 0 Å². The molecule has 3 nitrogen and oxygen atoms in total. The fourth-order valence-corrected chi connectivity index (χ4v) is 4.30. The molecule has 4 atom stereocenters. The van der Waals surface area contributed by atoms with Gasteiger partial charge in [-0.2, -0.15) is 0 Å². The van der Waals surface area contributed by atoms with Gasteiger partial charge in [-0.25, -0.2) is 0 Å². The molecule has 0 unspecified atom stereocenters. The van der Waals surface area contributed by atoms with Crippen molar-refractivity contribution in [2.24, 2.45) is 11.8 Å². The Balaban J connectivity index is 1.81. The van der Waals surface area contributed by atoms with Gasteiger partial charge in [0.25, 0.3) is 0 Å². The summed E-state index contributed by atoms with van der Waals surface area (Å²) in [6.45, 7) is 3.97. The predicted octanol–water partition coefficient (Wildman–Crippen LogP) is 3.91. The van der Waals surface area contributed by atoms with Crippen molar-refractivity contribution in [2.45, 2.75) is 11.8 Å². The number of fused-ring (bicyclic) bond motifs is 1. The molecule has 1 aliphatic heterocycles. The first-order valence-corrected chi connectivity index (χ1v) is 8.96. The summed E-state index contributed by atoms with van der Waals surface area (Å²) in [4.78, 5) is 27.6. The number of carbonyl (C=O) groups excluding carboxylic acids is 2. The molecule has 1 aliphatic carbocycles. The Kier molecular flexibility index (Phi) is 4.29. The van der Waals surface area contributed by atoms with E-state index in [0.717, 1.165) is 11.1 Å². The predicted molar refractivity (Wildman–Crippen MR) is 101 cm³/mol. The number of allylic oxidation sites excluding steroid dienone is 2. The molecule has 0 bridgehead atoms. The summed E-state index contributed by atoms with van der Waals surface area (Å²) in [5.74, 6) is -1.04. The molecule has 2 aromatic rings. The maximum Gasteiger partial charge on any atom is 0.234 e. The van der Waals surface area contributed by atoms with Gasteiger partial charge in [0.15, 0.2) is 0 Å². The first-order valence-electron chi connectivity index (χ1n) is 8.96. The van der Waals surface area contributed by atoms with Crippen molar-refractivity contribution in [3.63, 3.8) is 0 Å². The van der Waals surface area contributed by atoms with Crippen molar-refractivity contribution in [1.29, 1.82) is 0 Å². The first kappa shape index (κ1) is 16.5. The van der Waals surface area contributed by atoms with E-state index in [0.29, 0.717) is 0 Å². The third-order valence-corrected chi connectivity index (χ3v) is 5.47. The van der Waals surface area contributed by atoms with Crippen LogP contribution in [0.1, 0.15) is 23.0 Å². The molecule has 0 spiro atoms. The summed E-state index contributed by atoms with van der Waals surface area (Å²) in [5.41, 5.74) is 2.15. The molecule has 0 saturated carbocycles. The number of amides is 2. The Morgan fingerprint density at radius 2 is 1.19 bits per heavy atom. The molecule has 1 fully saturated rings. The van der Waals surface area contributed by atoms with E-state index in [1.165, 1.54) is 4.90 Å². The molecule has 4 rings (SSSR count). The minimum Gasteiger partial charge on any atom is -0.278 e. The quantitative estimate of drug-likeness (QED) is 0.623. The van der Waals surface area contributed by atoms with Gasteiger partial charge >= 0.3 is 0 Å². The number of benzene rings is 2. The van der Waals surface area contributed by atoms with E-state index in [1.54, 1.807) is 6.08 Å². The normalized spacial score (nSPS) is 27.5. The van der Waals surface area contributed by atoms with Crippen LogP contribution < -0.4 is 0 Å². The average molecular weight is 343 g/mol. The highest BCUT2D eigenvalue weighted by atomic mass is 16.2. The number of hydrogen-bond donors (Lipinski definition) is 0. The summed E-state index contributed by atoms with van der Waals surface area (Å²) >= 11 is 0. The molecule has 0 aromatic heterocycles. The van der Waals surface area contributed by atoms with Crippen LogP contribution in [-0.2, 0) is 9.59 Å². The molecular weight excluding hydrogens is 322 g/mol. The Hall–Kier alpha value is -2.94. The molecule has 0 N–H and O–H groups in total. The van der Waals surface area contributed by atoms with Gasteiger partial charge in [-0.15, -0.1) is 6.58 Å². The molecular formula is C23H21NO2. The fraction of sp³-hybridized carbons (Fsp3) is 0.217. The van der Waals surface area contributed by atoms with Gasteiger partial charge in [0.2, 0.25) is 11.8 Å². The van der Waals surface area contributed by atoms with E-state index in [9.17, 15) is 9.59 Å². The van der Waals surface area contributed by atoms with Crippen LogP contribution in [0.15, 0.2) is 85.5 Å². The maximum absolute atomic E-state index is 13.1. The number of rotatable bonds is 4. The van der Waals surface area contributed by atoms with Gasteiger partial charge in [-0.05, 0) is 11.1 Å². The Labute approximate surface area is 153 Å². The van der Waals surface area contributed by atoms with Crippen molar-refractivity contribution in [1.82, 2.24) is 4.90 Å². The summed E-state index contributed by atoms with van der Waals surface area (Å²) < 4.78 is 0. The van der Waals surface area contributed by atoms with Gasteiger partial charge in [-0.3, -0.25) is 14.5 Å². The molecule has 1 heterocycles. The smallest absolute Gasteiger partial charge is 0.234 e. The molecule has 2 aliphatic rings. The van der Waals surface area contributed by atoms with E-state index in [4.69, 9.17) is 0 Å². The molecule has 3 heteroatoms. The maximum atomic E-state index is 13.1. The van der Waals surface area contributed by atoms with Gasteiger partial charge in [0.05, 0.1) is 11.8 Å². The van der Waals surface area contributed by atoms with Gasteiger partial charge in [0, 0.05) is 18.4 Å². The van der Waals surface area contributed by atoms with Crippen molar-refractivity contribution in [3.05, 3.63) is 96.6 Å².